The van der Waals surface area contributed by atoms with Crippen molar-refractivity contribution >= 4 is 40.2 Å². The van der Waals surface area contributed by atoms with Crippen molar-refractivity contribution in [1.82, 2.24) is 20.2 Å². The van der Waals surface area contributed by atoms with Crippen molar-refractivity contribution in [2.75, 3.05) is 28.2 Å². The highest BCUT2D eigenvalue weighted by molar-refractivity contribution is 6.07. The highest BCUT2D eigenvalue weighted by Crippen LogP contribution is 2.38. The van der Waals surface area contributed by atoms with E-state index in [4.69, 9.17) is 0 Å². The number of carbonyl (C=O) groups is 2. The summed E-state index contributed by atoms with van der Waals surface area (Å²) in [7, 11) is 0. The average molecular weight is 473 g/mol. The molecule has 0 aliphatic carbocycles. The fourth-order valence-corrected chi connectivity index (χ4v) is 4.48. The van der Waals surface area contributed by atoms with E-state index in [2.05, 4.69) is 30.4 Å². The fraction of sp³-hybridized carbons (Fsp3) is 0.409. The number of piperidine rings is 1. The minimum absolute atomic E-state index is 0.0909. The highest BCUT2D eigenvalue weighted by atomic mass is 19.4. The number of halogens is 3. The number of hydrogen-bond acceptors (Lipinski definition) is 6. The lowest BCUT2D eigenvalue weighted by molar-refractivity contribution is -0.133. The molecule has 178 valence electrons. The smallest absolute Gasteiger partial charge is 0.366 e. The number of pyridine rings is 2. The third-order valence-electron chi connectivity index (χ3n) is 6.11. The SMILES string of the molecule is Cc1ccc2c(NC(=O)N3c4nc(C(=O)CCC(F)(F)F)ccc4N4CCC[C@H]3C4)n[nH]c2n1. The molecule has 0 aromatic carbocycles. The van der Waals surface area contributed by atoms with Crippen LogP contribution in [-0.4, -0.2) is 57.3 Å². The maximum Gasteiger partial charge on any atom is 0.389 e. The van der Waals surface area contributed by atoms with Gasteiger partial charge in [0.15, 0.2) is 23.1 Å². The summed E-state index contributed by atoms with van der Waals surface area (Å²) in [5, 5.41) is 10.4. The summed E-state index contributed by atoms with van der Waals surface area (Å²) in [6.45, 7) is 3.22. The number of carbonyl (C=O) groups excluding carboxylic acids is 2. The van der Waals surface area contributed by atoms with Crippen LogP contribution in [0.4, 0.5) is 35.3 Å². The van der Waals surface area contributed by atoms with Gasteiger partial charge in [0.05, 0.1) is 23.5 Å². The van der Waals surface area contributed by atoms with Crippen LogP contribution in [0, 0.1) is 6.92 Å². The van der Waals surface area contributed by atoms with Crippen molar-refractivity contribution in [2.45, 2.75) is 44.8 Å². The third kappa shape index (κ3) is 4.15. The van der Waals surface area contributed by atoms with Crippen molar-refractivity contribution in [1.29, 1.82) is 0 Å². The van der Waals surface area contributed by atoms with Crippen molar-refractivity contribution < 1.29 is 22.8 Å². The van der Waals surface area contributed by atoms with Crippen molar-refractivity contribution in [2.24, 2.45) is 0 Å². The molecule has 2 N–H and O–H groups in total. The van der Waals surface area contributed by atoms with E-state index in [1.165, 1.54) is 11.0 Å². The molecular formula is C22H22F3N7O2. The lowest BCUT2D eigenvalue weighted by Crippen LogP contribution is -2.56. The lowest BCUT2D eigenvalue weighted by atomic mass is 9.99. The highest BCUT2D eigenvalue weighted by Gasteiger charge is 2.39. The van der Waals surface area contributed by atoms with Crippen LogP contribution >= 0.6 is 0 Å². The number of aromatic nitrogens is 4. The van der Waals surface area contributed by atoms with E-state index in [1.807, 2.05) is 13.0 Å². The molecule has 3 aromatic heterocycles. The molecule has 3 aromatic rings. The first kappa shape index (κ1) is 22.1. The largest absolute Gasteiger partial charge is 0.389 e. The molecule has 1 saturated heterocycles. The number of nitrogens with zero attached hydrogens (tertiary/aromatic N) is 5. The Kier molecular flexibility index (Phi) is 5.37. The molecule has 1 atom stereocenters. The van der Waals surface area contributed by atoms with E-state index in [1.54, 1.807) is 12.1 Å². The molecule has 0 saturated carbocycles. The molecule has 2 aliphatic rings. The molecule has 2 amide bonds. The summed E-state index contributed by atoms with van der Waals surface area (Å²) in [6, 6.07) is 6.02. The molecule has 2 bridgehead atoms. The van der Waals surface area contributed by atoms with Crippen LogP contribution in [0.2, 0.25) is 0 Å². The standard InChI is InChI=1S/C22H22F3N7O2/c1-12-4-5-14-18(26-12)29-30-19(14)28-21(34)32-13-3-2-10-31(11-13)16-7-6-15(27-20(16)32)17(33)8-9-22(23,24)25/h4-7,13H,2-3,8-11H2,1H3,(H2,26,28,29,30,34)/t13-/m0/s1. The van der Waals surface area contributed by atoms with Gasteiger partial charge in [0.1, 0.15) is 5.69 Å². The lowest BCUT2D eigenvalue weighted by Gasteiger charge is -2.45. The van der Waals surface area contributed by atoms with E-state index in [0.29, 0.717) is 29.1 Å². The van der Waals surface area contributed by atoms with Gasteiger partial charge in [-0.1, -0.05) is 0 Å². The fourth-order valence-electron chi connectivity index (χ4n) is 4.48. The van der Waals surface area contributed by atoms with Crippen molar-refractivity contribution in [3.05, 3.63) is 35.7 Å². The van der Waals surface area contributed by atoms with Gasteiger partial charge in [-0.05, 0) is 44.0 Å². The van der Waals surface area contributed by atoms with Gasteiger partial charge in [-0.15, -0.1) is 0 Å². The summed E-state index contributed by atoms with van der Waals surface area (Å²) < 4.78 is 37.8. The Bertz CT molecular complexity index is 1270. The van der Waals surface area contributed by atoms with E-state index in [9.17, 15) is 22.8 Å². The average Bonchev–Trinajstić information content (AvgIpc) is 3.18. The Labute approximate surface area is 192 Å². The number of Topliss-reactive ketones (excluding diaryl/α,β-unsaturated/α-hetero) is 1. The van der Waals surface area contributed by atoms with Crippen LogP contribution in [0.3, 0.4) is 0 Å². The summed E-state index contributed by atoms with van der Waals surface area (Å²) in [4.78, 5) is 38.1. The molecule has 0 unspecified atom stereocenters. The summed E-state index contributed by atoms with van der Waals surface area (Å²) in [5.74, 6) is -0.143. The number of alkyl halides is 3. The third-order valence-corrected chi connectivity index (χ3v) is 6.11. The van der Waals surface area contributed by atoms with Gasteiger partial charge >= 0.3 is 12.2 Å². The molecular weight excluding hydrogens is 451 g/mol. The number of aryl methyl sites for hydroxylation is 1. The second-order valence-corrected chi connectivity index (χ2v) is 8.54. The van der Waals surface area contributed by atoms with Crippen LogP contribution in [0.25, 0.3) is 11.0 Å². The zero-order chi connectivity index (χ0) is 24.0. The van der Waals surface area contributed by atoms with E-state index in [0.717, 1.165) is 25.1 Å². The zero-order valence-corrected chi connectivity index (χ0v) is 18.3. The number of ketones is 1. The maximum atomic E-state index is 13.4. The molecule has 1 fully saturated rings. The number of aromatic amines is 1. The van der Waals surface area contributed by atoms with Gasteiger partial charge in [-0.25, -0.2) is 14.8 Å². The molecule has 12 heteroatoms. The van der Waals surface area contributed by atoms with Crippen LogP contribution in [-0.2, 0) is 0 Å². The molecule has 34 heavy (non-hydrogen) atoms. The summed E-state index contributed by atoms with van der Waals surface area (Å²) in [6.07, 6.45) is -4.74. The predicted molar refractivity (Wildman–Crippen MR) is 119 cm³/mol. The van der Waals surface area contributed by atoms with Gasteiger partial charge in [-0.3, -0.25) is 20.1 Å². The van der Waals surface area contributed by atoms with Gasteiger partial charge in [0.2, 0.25) is 0 Å². The summed E-state index contributed by atoms with van der Waals surface area (Å²) >= 11 is 0. The monoisotopic (exact) mass is 473 g/mol. The van der Waals surface area contributed by atoms with Crippen molar-refractivity contribution in [3.8, 4) is 0 Å². The Hall–Kier alpha value is -3.70. The quantitative estimate of drug-likeness (QED) is 0.550. The molecule has 9 nitrogen and oxygen atoms in total. The van der Waals surface area contributed by atoms with Crippen LogP contribution < -0.4 is 15.1 Å². The number of rotatable bonds is 4. The second-order valence-electron chi connectivity index (χ2n) is 8.54. The number of fused-ring (bicyclic) bond motifs is 5. The van der Waals surface area contributed by atoms with Gasteiger partial charge in [-0.2, -0.15) is 18.3 Å². The van der Waals surface area contributed by atoms with Crippen molar-refractivity contribution in [3.63, 3.8) is 0 Å². The van der Waals surface area contributed by atoms with Gasteiger partial charge in [0.25, 0.3) is 0 Å². The molecule has 0 spiro atoms. The Morgan fingerprint density at radius 1 is 1.21 bits per heavy atom. The van der Waals surface area contributed by atoms with Gasteiger partial charge in [0, 0.05) is 25.2 Å². The van der Waals surface area contributed by atoms with E-state index >= 15 is 0 Å². The Morgan fingerprint density at radius 2 is 2.03 bits per heavy atom. The minimum atomic E-state index is -4.43. The maximum absolute atomic E-state index is 13.4. The first-order chi connectivity index (χ1) is 16.2. The topological polar surface area (TPSA) is 107 Å². The van der Waals surface area contributed by atoms with E-state index < -0.39 is 30.8 Å². The second kappa shape index (κ2) is 8.26. The van der Waals surface area contributed by atoms with E-state index in [-0.39, 0.29) is 17.6 Å². The molecule has 2 aliphatic heterocycles. The molecule has 5 heterocycles. The number of hydrogen-bond donors (Lipinski definition) is 2. The number of anilines is 3. The number of amides is 2. The first-order valence-corrected chi connectivity index (χ1v) is 11.0. The normalized spacial score (nSPS) is 17.6. The van der Waals surface area contributed by atoms with Gasteiger partial charge < -0.3 is 4.90 Å². The first-order valence-electron chi connectivity index (χ1n) is 11.0. The van der Waals surface area contributed by atoms with Crippen LogP contribution in [0.1, 0.15) is 41.9 Å². The predicted octanol–water partition coefficient (Wildman–Crippen LogP) is 4.21. The number of H-pyrrole nitrogens is 1. The Balaban J connectivity index is 1.46. The summed E-state index contributed by atoms with van der Waals surface area (Å²) in [5.41, 5.74) is 1.91. The Morgan fingerprint density at radius 3 is 2.82 bits per heavy atom. The zero-order valence-electron chi connectivity index (χ0n) is 18.3. The van der Waals surface area contributed by atoms with Crippen LogP contribution in [0.5, 0.6) is 0 Å². The molecule has 5 rings (SSSR count). The van der Waals surface area contributed by atoms with Crippen LogP contribution in [0.15, 0.2) is 24.3 Å². The number of nitrogens with one attached hydrogen (secondary N) is 2. The molecule has 0 radical (unpaired) electrons. The minimum Gasteiger partial charge on any atom is -0.366 e. The number of urea groups is 1.